The molecule has 1 atom stereocenters. The predicted octanol–water partition coefficient (Wildman–Crippen LogP) is 0.745. The Morgan fingerprint density at radius 3 is 2.90 bits per heavy atom. The summed E-state index contributed by atoms with van der Waals surface area (Å²) < 4.78 is 1.76. The number of hydrogen-bond acceptors (Lipinski definition) is 2. The first kappa shape index (κ1) is 7.28. The molecule has 0 saturated heterocycles. The molecule has 10 heavy (non-hydrogen) atoms. The maximum Gasteiger partial charge on any atom is 0.0721 e. The van der Waals surface area contributed by atoms with Crippen LogP contribution in [0.2, 0.25) is 0 Å². The zero-order valence-corrected chi connectivity index (χ0v) is 6.28. The molecule has 0 aliphatic heterocycles. The summed E-state index contributed by atoms with van der Waals surface area (Å²) in [5, 5.41) is 12.8. The molecular formula is C7H12N2O. The molecule has 0 fully saturated rings. The third-order valence-corrected chi connectivity index (χ3v) is 1.45. The molecule has 0 spiro atoms. The van der Waals surface area contributed by atoms with E-state index in [9.17, 15) is 0 Å². The molecule has 1 heterocycles. The first-order chi connectivity index (χ1) is 4.74. The summed E-state index contributed by atoms with van der Waals surface area (Å²) in [6.07, 6.45) is 3.70. The van der Waals surface area contributed by atoms with Crippen LogP contribution in [-0.2, 0) is 0 Å². The van der Waals surface area contributed by atoms with Gasteiger partial charge in [0.25, 0.3) is 0 Å². The highest BCUT2D eigenvalue weighted by atomic mass is 16.3. The number of nitrogens with zero attached hydrogens (tertiary/aromatic N) is 2. The molecule has 56 valence electrons. The third kappa shape index (κ3) is 1.36. The number of aromatic nitrogens is 2. The number of aliphatic hydroxyl groups is 1. The van der Waals surface area contributed by atoms with Crippen LogP contribution in [-0.4, -0.2) is 21.5 Å². The molecule has 1 rings (SSSR count). The largest absolute Gasteiger partial charge is 0.394 e. The Labute approximate surface area is 60.3 Å². The maximum absolute atomic E-state index is 8.74. The Hall–Kier alpha value is -0.830. The van der Waals surface area contributed by atoms with E-state index in [1.807, 2.05) is 20.0 Å². The van der Waals surface area contributed by atoms with Crippen LogP contribution in [0.3, 0.4) is 0 Å². The SMILES string of the molecule is Cc1cnn([C@@H](C)CO)c1. The summed E-state index contributed by atoms with van der Waals surface area (Å²) in [7, 11) is 0. The fourth-order valence-electron chi connectivity index (χ4n) is 0.758. The smallest absolute Gasteiger partial charge is 0.0721 e. The molecule has 0 bridgehead atoms. The van der Waals surface area contributed by atoms with E-state index in [0.29, 0.717) is 0 Å². The van der Waals surface area contributed by atoms with E-state index in [1.165, 1.54) is 0 Å². The molecule has 0 aliphatic rings. The molecule has 0 saturated carbocycles. The van der Waals surface area contributed by atoms with E-state index >= 15 is 0 Å². The van der Waals surface area contributed by atoms with Crippen LogP contribution in [0.25, 0.3) is 0 Å². The zero-order valence-electron chi connectivity index (χ0n) is 6.28. The molecular weight excluding hydrogens is 128 g/mol. The van der Waals surface area contributed by atoms with E-state index in [-0.39, 0.29) is 12.6 Å². The van der Waals surface area contributed by atoms with Crippen molar-refractivity contribution < 1.29 is 5.11 Å². The second kappa shape index (κ2) is 2.84. The summed E-state index contributed by atoms with van der Waals surface area (Å²) >= 11 is 0. The van der Waals surface area contributed by atoms with Gasteiger partial charge in [0.05, 0.1) is 18.8 Å². The van der Waals surface area contributed by atoms with Gasteiger partial charge in [0.15, 0.2) is 0 Å². The van der Waals surface area contributed by atoms with Gasteiger partial charge in [-0.15, -0.1) is 0 Å². The molecule has 0 aliphatic carbocycles. The Morgan fingerprint density at radius 1 is 1.80 bits per heavy atom. The van der Waals surface area contributed by atoms with Crippen LogP contribution >= 0.6 is 0 Å². The van der Waals surface area contributed by atoms with Gasteiger partial charge in [0, 0.05) is 6.20 Å². The van der Waals surface area contributed by atoms with Gasteiger partial charge in [-0.1, -0.05) is 0 Å². The predicted molar refractivity (Wildman–Crippen MR) is 38.8 cm³/mol. The van der Waals surface area contributed by atoms with Gasteiger partial charge in [-0.2, -0.15) is 5.10 Å². The monoisotopic (exact) mass is 140 g/mol. The number of aliphatic hydroxyl groups excluding tert-OH is 1. The van der Waals surface area contributed by atoms with Crippen molar-refractivity contribution in [2.24, 2.45) is 0 Å². The summed E-state index contributed by atoms with van der Waals surface area (Å²) in [4.78, 5) is 0. The van der Waals surface area contributed by atoms with E-state index in [0.717, 1.165) is 5.56 Å². The lowest BCUT2D eigenvalue weighted by Gasteiger charge is -2.06. The Morgan fingerprint density at radius 2 is 2.50 bits per heavy atom. The van der Waals surface area contributed by atoms with Gasteiger partial charge in [-0.25, -0.2) is 0 Å². The number of rotatable bonds is 2. The van der Waals surface area contributed by atoms with Gasteiger partial charge < -0.3 is 5.11 Å². The van der Waals surface area contributed by atoms with Crippen molar-refractivity contribution in [2.45, 2.75) is 19.9 Å². The van der Waals surface area contributed by atoms with Crippen LogP contribution in [0.1, 0.15) is 18.5 Å². The molecule has 1 N–H and O–H groups in total. The molecule has 0 amide bonds. The topological polar surface area (TPSA) is 38.0 Å². The zero-order chi connectivity index (χ0) is 7.56. The standard InChI is InChI=1S/C7H12N2O/c1-6-3-8-9(4-6)7(2)5-10/h3-4,7,10H,5H2,1-2H3/t7-/m0/s1. The molecule has 3 heteroatoms. The maximum atomic E-state index is 8.74. The van der Waals surface area contributed by atoms with Crippen molar-refractivity contribution in [1.82, 2.24) is 9.78 Å². The van der Waals surface area contributed by atoms with Gasteiger partial charge in [-0.05, 0) is 19.4 Å². The van der Waals surface area contributed by atoms with E-state index in [4.69, 9.17) is 5.11 Å². The van der Waals surface area contributed by atoms with E-state index in [1.54, 1.807) is 10.9 Å². The summed E-state index contributed by atoms with van der Waals surface area (Å²) in [5.41, 5.74) is 1.13. The highest BCUT2D eigenvalue weighted by Crippen LogP contribution is 2.03. The van der Waals surface area contributed by atoms with Crippen LogP contribution in [0.5, 0.6) is 0 Å². The lowest BCUT2D eigenvalue weighted by molar-refractivity contribution is 0.229. The third-order valence-electron chi connectivity index (χ3n) is 1.45. The van der Waals surface area contributed by atoms with Crippen molar-refractivity contribution in [3.05, 3.63) is 18.0 Å². The van der Waals surface area contributed by atoms with Gasteiger partial charge >= 0.3 is 0 Å². The Kier molecular flexibility index (Phi) is 2.06. The second-order valence-electron chi connectivity index (χ2n) is 2.53. The lowest BCUT2D eigenvalue weighted by atomic mass is 10.4. The van der Waals surface area contributed by atoms with Crippen molar-refractivity contribution in [1.29, 1.82) is 0 Å². The Balaban J connectivity index is 2.74. The Bertz CT molecular complexity index is 207. The second-order valence-corrected chi connectivity index (χ2v) is 2.53. The highest BCUT2D eigenvalue weighted by Gasteiger charge is 2.01. The first-order valence-electron chi connectivity index (χ1n) is 3.35. The van der Waals surface area contributed by atoms with E-state index in [2.05, 4.69) is 5.10 Å². The molecule has 3 nitrogen and oxygen atoms in total. The minimum Gasteiger partial charge on any atom is -0.394 e. The summed E-state index contributed by atoms with van der Waals surface area (Å²) in [6, 6.07) is 0.0914. The fraction of sp³-hybridized carbons (Fsp3) is 0.571. The van der Waals surface area contributed by atoms with Gasteiger partial charge in [-0.3, -0.25) is 4.68 Å². The highest BCUT2D eigenvalue weighted by molar-refractivity contribution is 5.00. The first-order valence-corrected chi connectivity index (χ1v) is 3.35. The fourth-order valence-corrected chi connectivity index (χ4v) is 0.758. The summed E-state index contributed by atoms with van der Waals surface area (Å²) in [5.74, 6) is 0. The van der Waals surface area contributed by atoms with Crippen LogP contribution in [0.15, 0.2) is 12.4 Å². The van der Waals surface area contributed by atoms with Gasteiger partial charge in [0.1, 0.15) is 0 Å². The van der Waals surface area contributed by atoms with Crippen molar-refractivity contribution in [3.63, 3.8) is 0 Å². The van der Waals surface area contributed by atoms with Crippen molar-refractivity contribution in [2.75, 3.05) is 6.61 Å². The average molecular weight is 140 g/mol. The van der Waals surface area contributed by atoms with Gasteiger partial charge in [0.2, 0.25) is 0 Å². The normalized spacial score (nSPS) is 13.5. The van der Waals surface area contributed by atoms with Crippen LogP contribution < -0.4 is 0 Å². The van der Waals surface area contributed by atoms with E-state index < -0.39 is 0 Å². The quantitative estimate of drug-likeness (QED) is 0.658. The molecule has 1 aromatic rings. The minimum atomic E-state index is 0.0914. The van der Waals surface area contributed by atoms with Crippen molar-refractivity contribution in [3.8, 4) is 0 Å². The number of hydrogen-bond donors (Lipinski definition) is 1. The minimum absolute atomic E-state index is 0.0914. The molecule has 0 aromatic carbocycles. The van der Waals surface area contributed by atoms with Crippen LogP contribution in [0, 0.1) is 6.92 Å². The van der Waals surface area contributed by atoms with Crippen LogP contribution in [0.4, 0.5) is 0 Å². The molecule has 0 unspecified atom stereocenters. The lowest BCUT2D eigenvalue weighted by Crippen LogP contribution is -2.09. The average Bonchev–Trinajstić information content (AvgIpc) is 2.34. The molecule has 0 radical (unpaired) electrons. The number of aryl methyl sites for hydroxylation is 1. The molecule has 1 aromatic heterocycles. The summed E-state index contributed by atoms with van der Waals surface area (Å²) in [6.45, 7) is 4.04. The van der Waals surface area contributed by atoms with Crippen molar-refractivity contribution >= 4 is 0 Å².